The van der Waals surface area contributed by atoms with E-state index in [1.807, 2.05) is 0 Å². The largest absolute Gasteiger partial charge is 0.374 e. The Morgan fingerprint density at radius 1 is 1.31 bits per heavy atom. The fraction of sp³-hybridized carbons (Fsp3) is 0.929. The molecule has 0 N–H and O–H groups in total. The number of hydrogen-bond acceptors (Lipinski definition) is 2. The van der Waals surface area contributed by atoms with Crippen molar-refractivity contribution in [2.45, 2.75) is 71.0 Å². The first-order chi connectivity index (χ1) is 7.77. The molecule has 0 spiro atoms. The summed E-state index contributed by atoms with van der Waals surface area (Å²) < 4.78 is 6.03. The molecular weight excluding hydrogens is 200 g/mol. The Balaban J connectivity index is 2.01. The number of ketones is 1. The van der Waals surface area contributed by atoms with E-state index in [2.05, 4.69) is 13.8 Å². The molecule has 0 aromatic heterocycles. The molecule has 1 aliphatic carbocycles. The number of carbonyl (C=O) groups is 1. The Hall–Kier alpha value is -0.370. The molecule has 16 heavy (non-hydrogen) atoms. The average molecular weight is 224 g/mol. The van der Waals surface area contributed by atoms with Crippen molar-refractivity contribution < 1.29 is 9.53 Å². The van der Waals surface area contributed by atoms with Gasteiger partial charge in [0.05, 0.1) is 12.2 Å². The minimum absolute atomic E-state index is 0.222. The van der Waals surface area contributed by atoms with E-state index in [1.165, 1.54) is 19.3 Å². The third-order valence-corrected chi connectivity index (χ3v) is 4.27. The van der Waals surface area contributed by atoms with Crippen LogP contribution in [0, 0.1) is 11.8 Å². The average Bonchev–Trinajstić information content (AvgIpc) is 2.84. The number of rotatable bonds is 5. The van der Waals surface area contributed by atoms with Crippen molar-refractivity contribution in [3.05, 3.63) is 0 Å². The van der Waals surface area contributed by atoms with Gasteiger partial charge in [-0.05, 0) is 31.6 Å². The van der Waals surface area contributed by atoms with Gasteiger partial charge in [0.15, 0.2) is 0 Å². The van der Waals surface area contributed by atoms with Gasteiger partial charge in [0, 0.05) is 12.3 Å². The first-order valence-corrected chi connectivity index (χ1v) is 6.96. The van der Waals surface area contributed by atoms with Gasteiger partial charge in [-0.2, -0.15) is 0 Å². The molecule has 0 radical (unpaired) electrons. The zero-order valence-corrected chi connectivity index (χ0v) is 10.6. The maximum absolute atomic E-state index is 12.2. The van der Waals surface area contributed by atoms with Crippen molar-refractivity contribution in [2.24, 2.45) is 11.8 Å². The minimum Gasteiger partial charge on any atom is -0.374 e. The van der Waals surface area contributed by atoms with Crippen LogP contribution in [0.2, 0.25) is 0 Å². The highest BCUT2D eigenvalue weighted by Gasteiger charge is 2.48. The van der Waals surface area contributed by atoms with Gasteiger partial charge in [-0.3, -0.25) is 4.79 Å². The Labute approximate surface area is 98.7 Å². The Morgan fingerprint density at radius 3 is 2.81 bits per heavy atom. The number of ether oxygens (including phenoxy) is 1. The lowest BCUT2D eigenvalue weighted by atomic mass is 9.82. The molecule has 2 rings (SSSR count). The van der Waals surface area contributed by atoms with Crippen LogP contribution in [0.15, 0.2) is 0 Å². The molecule has 2 fully saturated rings. The zero-order valence-electron chi connectivity index (χ0n) is 10.6. The number of Topliss-reactive ketones (excluding diaryl/α,β-unsaturated/α-hetero) is 1. The van der Waals surface area contributed by atoms with E-state index in [0.29, 0.717) is 17.8 Å². The number of fused-ring (bicyclic) bond motifs is 1. The van der Waals surface area contributed by atoms with Crippen LogP contribution in [0.5, 0.6) is 0 Å². The van der Waals surface area contributed by atoms with Gasteiger partial charge < -0.3 is 4.74 Å². The quantitative estimate of drug-likeness (QED) is 0.716. The highest BCUT2D eigenvalue weighted by molar-refractivity contribution is 5.82. The van der Waals surface area contributed by atoms with Gasteiger partial charge in [-0.1, -0.05) is 26.7 Å². The topological polar surface area (TPSA) is 26.3 Å². The third kappa shape index (κ3) is 2.17. The van der Waals surface area contributed by atoms with Crippen LogP contribution in [0.25, 0.3) is 0 Å². The summed E-state index contributed by atoms with van der Waals surface area (Å²) in [6.07, 6.45) is 8.19. The van der Waals surface area contributed by atoms with E-state index in [0.717, 1.165) is 25.7 Å². The third-order valence-electron chi connectivity index (χ3n) is 4.27. The van der Waals surface area contributed by atoms with Crippen molar-refractivity contribution in [3.8, 4) is 0 Å². The molecule has 92 valence electrons. The second kappa shape index (κ2) is 5.31. The molecule has 0 aromatic rings. The lowest BCUT2D eigenvalue weighted by Crippen LogP contribution is -2.28. The molecule has 2 aliphatic rings. The Bertz CT molecular complexity index is 249. The van der Waals surface area contributed by atoms with Gasteiger partial charge in [0.2, 0.25) is 0 Å². The second-order valence-corrected chi connectivity index (χ2v) is 5.31. The summed E-state index contributed by atoms with van der Waals surface area (Å²) in [5.74, 6) is 1.25. The van der Waals surface area contributed by atoms with Crippen LogP contribution in [-0.4, -0.2) is 18.0 Å². The van der Waals surface area contributed by atoms with Crippen molar-refractivity contribution >= 4 is 5.78 Å². The first-order valence-electron chi connectivity index (χ1n) is 6.96. The Kier molecular flexibility index (Phi) is 4.01. The van der Waals surface area contributed by atoms with Gasteiger partial charge in [-0.25, -0.2) is 0 Å². The number of carbonyl (C=O) groups excluding carboxylic acids is 1. The summed E-state index contributed by atoms with van der Waals surface area (Å²) in [6, 6.07) is 0. The van der Waals surface area contributed by atoms with E-state index in [1.54, 1.807) is 0 Å². The highest BCUT2D eigenvalue weighted by atomic mass is 16.5. The zero-order chi connectivity index (χ0) is 11.5. The summed E-state index contributed by atoms with van der Waals surface area (Å²) >= 11 is 0. The summed E-state index contributed by atoms with van der Waals surface area (Å²) in [7, 11) is 0. The molecule has 1 aliphatic heterocycles. The monoisotopic (exact) mass is 224 g/mol. The number of hydrogen-bond donors (Lipinski definition) is 0. The normalized spacial score (nSPS) is 37.6. The molecule has 1 heterocycles. The van der Waals surface area contributed by atoms with Crippen LogP contribution in [0.1, 0.15) is 58.8 Å². The summed E-state index contributed by atoms with van der Waals surface area (Å²) in [6.45, 7) is 4.29. The molecule has 1 saturated heterocycles. The van der Waals surface area contributed by atoms with Gasteiger partial charge in [-0.15, -0.1) is 0 Å². The maximum atomic E-state index is 12.2. The van der Waals surface area contributed by atoms with Crippen molar-refractivity contribution in [1.29, 1.82) is 0 Å². The number of unbranched alkanes of at least 4 members (excludes halogenated alkanes) is 1. The fourth-order valence-corrected chi connectivity index (χ4v) is 3.43. The van der Waals surface area contributed by atoms with E-state index >= 15 is 0 Å². The lowest BCUT2D eigenvalue weighted by Gasteiger charge is -2.19. The standard InChI is InChI=1S/C14H24O2/c1-3-5-8-11(15)14-10-7-6-9-13(10)16-12(14)4-2/h10,12-14H,3-9H2,1-2H3/t10-,12-,13+,14+/m1/s1. The van der Waals surface area contributed by atoms with Gasteiger partial charge >= 0.3 is 0 Å². The summed E-state index contributed by atoms with van der Waals surface area (Å²) in [5, 5.41) is 0. The molecule has 4 atom stereocenters. The molecular formula is C14H24O2. The second-order valence-electron chi connectivity index (χ2n) is 5.31. The first kappa shape index (κ1) is 12.1. The van der Waals surface area contributed by atoms with Crippen LogP contribution >= 0.6 is 0 Å². The molecule has 0 bridgehead atoms. The summed E-state index contributed by atoms with van der Waals surface area (Å²) in [5.41, 5.74) is 0. The van der Waals surface area contributed by atoms with E-state index in [-0.39, 0.29) is 12.0 Å². The van der Waals surface area contributed by atoms with E-state index in [4.69, 9.17) is 4.74 Å². The molecule has 1 saturated carbocycles. The van der Waals surface area contributed by atoms with Crippen LogP contribution in [0.3, 0.4) is 0 Å². The van der Waals surface area contributed by atoms with Crippen molar-refractivity contribution in [3.63, 3.8) is 0 Å². The predicted octanol–water partition coefficient (Wildman–Crippen LogP) is 3.34. The van der Waals surface area contributed by atoms with Crippen LogP contribution in [0.4, 0.5) is 0 Å². The smallest absolute Gasteiger partial charge is 0.138 e. The van der Waals surface area contributed by atoms with Crippen molar-refractivity contribution in [2.75, 3.05) is 0 Å². The maximum Gasteiger partial charge on any atom is 0.138 e. The SMILES string of the molecule is CCCCC(=O)[C@@H]1[C@@H]2CCC[C@@H]2O[C@@H]1CC. The van der Waals surface area contributed by atoms with E-state index < -0.39 is 0 Å². The fourth-order valence-electron chi connectivity index (χ4n) is 3.43. The minimum atomic E-state index is 0.222. The van der Waals surface area contributed by atoms with E-state index in [9.17, 15) is 4.79 Å². The lowest BCUT2D eigenvalue weighted by molar-refractivity contribution is -0.125. The van der Waals surface area contributed by atoms with Crippen molar-refractivity contribution in [1.82, 2.24) is 0 Å². The molecule has 2 nitrogen and oxygen atoms in total. The molecule has 0 unspecified atom stereocenters. The highest BCUT2D eigenvalue weighted by Crippen LogP contribution is 2.44. The van der Waals surface area contributed by atoms with Gasteiger partial charge in [0.25, 0.3) is 0 Å². The predicted molar refractivity (Wildman–Crippen MR) is 64.3 cm³/mol. The van der Waals surface area contributed by atoms with Crippen LogP contribution < -0.4 is 0 Å². The molecule has 0 aromatic carbocycles. The molecule has 2 heteroatoms. The van der Waals surface area contributed by atoms with Gasteiger partial charge in [0.1, 0.15) is 5.78 Å². The Morgan fingerprint density at radius 2 is 2.12 bits per heavy atom. The van der Waals surface area contributed by atoms with Crippen LogP contribution in [-0.2, 0) is 9.53 Å². The summed E-state index contributed by atoms with van der Waals surface area (Å²) in [4.78, 5) is 12.2. The molecule has 0 amide bonds.